The second-order valence-corrected chi connectivity index (χ2v) is 6.65. The first kappa shape index (κ1) is 16.4. The fourth-order valence-corrected chi connectivity index (χ4v) is 3.20. The topological polar surface area (TPSA) is 106 Å². The van der Waals surface area contributed by atoms with Crippen LogP contribution in [0.25, 0.3) is 0 Å². The Morgan fingerprint density at radius 1 is 1.27 bits per heavy atom. The zero-order valence-electron chi connectivity index (χ0n) is 14.4. The van der Waals surface area contributed by atoms with Gasteiger partial charge in [0.2, 0.25) is 5.91 Å². The number of hydrogen-bond acceptors (Lipinski definition) is 6. The van der Waals surface area contributed by atoms with Gasteiger partial charge >= 0.3 is 0 Å². The van der Waals surface area contributed by atoms with Crippen LogP contribution in [0.2, 0.25) is 0 Å². The fourth-order valence-electron chi connectivity index (χ4n) is 3.20. The van der Waals surface area contributed by atoms with Crippen molar-refractivity contribution in [1.29, 1.82) is 0 Å². The van der Waals surface area contributed by atoms with Crippen LogP contribution in [0, 0.1) is 0 Å². The molecule has 136 valence electrons. The number of amides is 2. The lowest BCUT2D eigenvalue weighted by Crippen LogP contribution is -2.51. The predicted octanol–water partition coefficient (Wildman–Crippen LogP) is -0.809. The molecule has 0 N–H and O–H groups in total. The molecule has 2 aromatic heterocycles. The average molecular weight is 357 g/mol. The summed E-state index contributed by atoms with van der Waals surface area (Å²) >= 11 is 0. The van der Waals surface area contributed by atoms with Crippen LogP contribution in [-0.2, 0) is 18.4 Å². The summed E-state index contributed by atoms with van der Waals surface area (Å²) in [6.45, 7) is 2.27. The Labute approximate surface area is 149 Å². The van der Waals surface area contributed by atoms with Gasteiger partial charge in [-0.05, 0) is 12.5 Å². The Morgan fingerprint density at radius 2 is 2.08 bits per heavy atom. The maximum Gasteiger partial charge on any atom is 0.274 e. The SMILES string of the molecule is Cn1nc(C(=O)N2CC(n3cc(CN4CCCC4=O)nn3)C2)ccc1=O. The lowest BCUT2D eigenvalue weighted by atomic mass is 10.1. The first-order valence-corrected chi connectivity index (χ1v) is 8.53. The average Bonchev–Trinajstić information content (AvgIpc) is 3.19. The van der Waals surface area contributed by atoms with Crippen LogP contribution in [0.5, 0.6) is 0 Å². The Hall–Kier alpha value is -3.04. The summed E-state index contributed by atoms with van der Waals surface area (Å²) in [5.74, 6) is -0.0513. The molecule has 10 nitrogen and oxygen atoms in total. The lowest BCUT2D eigenvalue weighted by Gasteiger charge is -2.38. The van der Waals surface area contributed by atoms with Crippen LogP contribution in [0.15, 0.2) is 23.1 Å². The third kappa shape index (κ3) is 2.98. The van der Waals surface area contributed by atoms with E-state index in [4.69, 9.17) is 0 Å². The van der Waals surface area contributed by atoms with Gasteiger partial charge in [-0.3, -0.25) is 14.4 Å². The van der Waals surface area contributed by atoms with Crippen LogP contribution < -0.4 is 5.56 Å². The van der Waals surface area contributed by atoms with Crippen LogP contribution >= 0.6 is 0 Å². The van der Waals surface area contributed by atoms with Gasteiger partial charge in [-0.25, -0.2) is 9.36 Å². The Morgan fingerprint density at radius 3 is 2.77 bits per heavy atom. The molecule has 4 rings (SSSR count). The van der Waals surface area contributed by atoms with Gasteiger partial charge in [0.05, 0.1) is 18.8 Å². The number of carbonyl (C=O) groups excluding carboxylic acids is 2. The predicted molar refractivity (Wildman–Crippen MR) is 89.1 cm³/mol. The lowest BCUT2D eigenvalue weighted by molar-refractivity contribution is -0.128. The molecule has 2 saturated heterocycles. The van der Waals surface area contributed by atoms with Gasteiger partial charge < -0.3 is 9.80 Å². The number of aromatic nitrogens is 5. The van der Waals surface area contributed by atoms with E-state index >= 15 is 0 Å². The van der Waals surface area contributed by atoms with Crippen molar-refractivity contribution in [2.45, 2.75) is 25.4 Å². The van der Waals surface area contributed by atoms with Crippen molar-refractivity contribution >= 4 is 11.8 Å². The van der Waals surface area contributed by atoms with Gasteiger partial charge in [-0.2, -0.15) is 5.10 Å². The Balaban J connectivity index is 1.36. The van der Waals surface area contributed by atoms with E-state index in [1.54, 1.807) is 14.5 Å². The molecule has 0 spiro atoms. The zero-order valence-corrected chi connectivity index (χ0v) is 14.4. The van der Waals surface area contributed by atoms with Crippen molar-refractivity contribution in [3.63, 3.8) is 0 Å². The van der Waals surface area contributed by atoms with Crippen LogP contribution in [0.4, 0.5) is 0 Å². The summed E-state index contributed by atoms with van der Waals surface area (Å²) in [6, 6.07) is 2.83. The molecular formula is C16H19N7O3. The molecule has 2 aromatic rings. The number of likely N-dealkylation sites (tertiary alicyclic amines) is 2. The number of hydrogen-bond donors (Lipinski definition) is 0. The minimum absolute atomic E-state index is 0.0574. The quantitative estimate of drug-likeness (QED) is 0.709. The van der Waals surface area contributed by atoms with Gasteiger partial charge in [0, 0.05) is 39.2 Å². The summed E-state index contributed by atoms with van der Waals surface area (Å²) in [5, 5.41) is 12.2. The van der Waals surface area contributed by atoms with Crippen LogP contribution in [0.1, 0.15) is 35.1 Å². The third-order valence-electron chi connectivity index (χ3n) is 4.79. The largest absolute Gasteiger partial charge is 0.337 e. The van der Waals surface area contributed by atoms with Gasteiger partial charge in [0.1, 0.15) is 11.4 Å². The van der Waals surface area contributed by atoms with E-state index in [9.17, 15) is 14.4 Å². The maximum absolute atomic E-state index is 12.4. The fraction of sp³-hybridized carbons (Fsp3) is 0.500. The molecule has 4 heterocycles. The first-order valence-electron chi connectivity index (χ1n) is 8.53. The Bertz CT molecular complexity index is 913. The summed E-state index contributed by atoms with van der Waals surface area (Å²) in [6.07, 6.45) is 3.33. The van der Waals surface area contributed by atoms with E-state index < -0.39 is 0 Å². The van der Waals surface area contributed by atoms with Crippen molar-refractivity contribution in [1.82, 2.24) is 34.6 Å². The highest BCUT2D eigenvalue weighted by Crippen LogP contribution is 2.22. The highest BCUT2D eigenvalue weighted by molar-refractivity contribution is 5.92. The van der Waals surface area contributed by atoms with E-state index in [1.807, 2.05) is 6.20 Å². The second kappa shape index (κ2) is 6.36. The molecule has 0 radical (unpaired) electrons. The molecule has 0 atom stereocenters. The molecular weight excluding hydrogens is 338 g/mol. The summed E-state index contributed by atoms with van der Waals surface area (Å²) in [5.41, 5.74) is 0.747. The van der Waals surface area contributed by atoms with E-state index in [1.165, 1.54) is 19.2 Å². The summed E-state index contributed by atoms with van der Waals surface area (Å²) in [7, 11) is 1.51. The zero-order chi connectivity index (χ0) is 18.3. The normalized spacial score (nSPS) is 17.7. The molecule has 0 aliphatic carbocycles. The highest BCUT2D eigenvalue weighted by atomic mass is 16.2. The molecule has 2 fully saturated rings. The minimum atomic E-state index is -0.255. The molecule has 0 bridgehead atoms. The maximum atomic E-state index is 12.4. The molecule has 0 unspecified atom stereocenters. The summed E-state index contributed by atoms with van der Waals surface area (Å²) < 4.78 is 2.89. The molecule has 26 heavy (non-hydrogen) atoms. The molecule has 2 aliphatic heterocycles. The number of aryl methyl sites for hydroxylation is 1. The van der Waals surface area contributed by atoms with Crippen molar-refractivity contribution in [3.05, 3.63) is 40.1 Å². The molecule has 0 aromatic carbocycles. The highest BCUT2D eigenvalue weighted by Gasteiger charge is 2.34. The van der Waals surface area contributed by atoms with E-state index in [0.29, 0.717) is 26.1 Å². The smallest absolute Gasteiger partial charge is 0.274 e. The molecule has 2 aliphatic rings. The number of carbonyl (C=O) groups is 2. The van der Waals surface area contributed by atoms with Crippen LogP contribution in [0.3, 0.4) is 0 Å². The molecule has 10 heteroatoms. The van der Waals surface area contributed by atoms with Gasteiger partial charge in [-0.15, -0.1) is 5.10 Å². The molecule has 0 saturated carbocycles. The molecule has 2 amide bonds. The second-order valence-electron chi connectivity index (χ2n) is 6.65. The third-order valence-corrected chi connectivity index (χ3v) is 4.79. The van der Waals surface area contributed by atoms with E-state index in [2.05, 4.69) is 15.4 Å². The van der Waals surface area contributed by atoms with Gasteiger partial charge in [-0.1, -0.05) is 5.21 Å². The van der Waals surface area contributed by atoms with Crippen molar-refractivity contribution in [2.24, 2.45) is 7.05 Å². The number of rotatable bonds is 4. The monoisotopic (exact) mass is 357 g/mol. The first-order chi connectivity index (χ1) is 12.5. The van der Waals surface area contributed by atoms with E-state index in [-0.39, 0.29) is 29.1 Å². The Kier molecular flexibility index (Phi) is 4.02. The van der Waals surface area contributed by atoms with E-state index in [0.717, 1.165) is 23.3 Å². The van der Waals surface area contributed by atoms with Gasteiger partial charge in [0.15, 0.2) is 0 Å². The van der Waals surface area contributed by atoms with Gasteiger partial charge in [0.25, 0.3) is 11.5 Å². The number of nitrogens with zero attached hydrogens (tertiary/aromatic N) is 7. The van der Waals surface area contributed by atoms with Crippen molar-refractivity contribution in [2.75, 3.05) is 19.6 Å². The standard InChI is InChI=1S/C16H19N7O3/c1-20-14(24)5-4-13(18-20)16(26)22-9-12(10-22)23-8-11(17-19-23)7-21-6-2-3-15(21)25/h4-5,8,12H,2-3,6-7,9-10H2,1H3. The summed E-state index contributed by atoms with van der Waals surface area (Å²) in [4.78, 5) is 38.9. The van der Waals surface area contributed by atoms with Crippen LogP contribution in [-0.4, -0.2) is 66.0 Å². The van der Waals surface area contributed by atoms with Crippen molar-refractivity contribution in [3.8, 4) is 0 Å². The van der Waals surface area contributed by atoms with Crippen molar-refractivity contribution < 1.29 is 9.59 Å². The minimum Gasteiger partial charge on any atom is -0.337 e.